The van der Waals surface area contributed by atoms with Crippen LogP contribution < -0.4 is 5.32 Å². The van der Waals surface area contributed by atoms with Crippen LogP contribution in [0.3, 0.4) is 0 Å². The summed E-state index contributed by atoms with van der Waals surface area (Å²) >= 11 is 0. The summed E-state index contributed by atoms with van der Waals surface area (Å²) in [5.74, 6) is 0.724. The molecule has 0 radical (unpaired) electrons. The average Bonchev–Trinajstić information content (AvgIpc) is 3.16. The molecule has 1 atom stereocenters. The highest BCUT2D eigenvalue weighted by Gasteiger charge is 2.21. The van der Waals surface area contributed by atoms with Crippen LogP contribution in [0.25, 0.3) is 0 Å². The number of aromatic nitrogens is 4. The smallest absolute Gasteiger partial charge is 0.0946 e. The van der Waals surface area contributed by atoms with Gasteiger partial charge >= 0.3 is 0 Å². The van der Waals surface area contributed by atoms with Crippen molar-refractivity contribution in [1.82, 2.24) is 29.5 Å². The molecule has 6 nitrogen and oxygen atoms in total. The molecule has 118 valence electrons. The van der Waals surface area contributed by atoms with Crippen LogP contribution in [0.2, 0.25) is 0 Å². The van der Waals surface area contributed by atoms with E-state index in [0.717, 1.165) is 38.6 Å². The van der Waals surface area contributed by atoms with Gasteiger partial charge in [-0.1, -0.05) is 0 Å². The number of hydrogen-bond acceptors (Lipinski definition) is 4. The second-order valence-corrected chi connectivity index (χ2v) is 6.53. The van der Waals surface area contributed by atoms with Gasteiger partial charge in [0.1, 0.15) is 0 Å². The quantitative estimate of drug-likeness (QED) is 0.918. The molecule has 0 amide bonds. The minimum Gasteiger partial charge on any atom is -0.337 e. The molecule has 6 heteroatoms. The average molecular weight is 300 g/mol. The van der Waals surface area contributed by atoms with E-state index in [1.165, 1.54) is 37.3 Å². The number of imidazole rings is 1. The van der Waals surface area contributed by atoms with E-state index in [0.29, 0.717) is 0 Å². The van der Waals surface area contributed by atoms with E-state index in [1.807, 2.05) is 12.5 Å². The first kappa shape index (κ1) is 14.0. The summed E-state index contributed by atoms with van der Waals surface area (Å²) in [4.78, 5) is 6.70. The topological polar surface area (TPSA) is 50.9 Å². The maximum Gasteiger partial charge on any atom is 0.0946 e. The van der Waals surface area contributed by atoms with Crippen LogP contribution >= 0.6 is 0 Å². The third-order valence-corrected chi connectivity index (χ3v) is 4.74. The normalized spacial score (nSPS) is 22.6. The lowest BCUT2D eigenvalue weighted by Crippen LogP contribution is -2.36. The van der Waals surface area contributed by atoms with Crippen LogP contribution in [0.5, 0.6) is 0 Å². The van der Waals surface area contributed by atoms with E-state index in [-0.39, 0.29) is 0 Å². The standard InChI is InChI=1S/C16H24N6/c1-2-14(11-21-6-3-18-13-21)10-20(5-1)12-15-8-16-9-17-4-7-22(16)19-15/h3,6,8,13-14,17H,1-2,4-5,7,9-12H2/t14-/m0/s1. The molecule has 2 aliphatic heterocycles. The van der Waals surface area contributed by atoms with Gasteiger partial charge in [0.15, 0.2) is 0 Å². The van der Waals surface area contributed by atoms with Gasteiger partial charge in [-0.2, -0.15) is 5.10 Å². The second kappa shape index (κ2) is 6.22. The van der Waals surface area contributed by atoms with Gasteiger partial charge in [0.2, 0.25) is 0 Å². The number of nitrogens with zero attached hydrogens (tertiary/aromatic N) is 5. The largest absolute Gasteiger partial charge is 0.337 e. The van der Waals surface area contributed by atoms with Crippen molar-refractivity contribution in [1.29, 1.82) is 0 Å². The van der Waals surface area contributed by atoms with Gasteiger partial charge in [0, 0.05) is 45.1 Å². The molecule has 0 aromatic carbocycles. The van der Waals surface area contributed by atoms with Crippen LogP contribution in [0.4, 0.5) is 0 Å². The molecule has 0 unspecified atom stereocenters. The van der Waals surface area contributed by atoms with Crippen molar-refractivity contribution in [2.75, 3.05) is 19.6 Å². The van der Waals surface area contributed by atoms with E-state index < -0.39 is 0 Å². The molecule has 1 fully saturated rings. The van der Waals surface area contributed by atoms with Crippen molar-refractivity contribution in [2.24, 2.45) is 5.92 Å². The zero-order valence-electron chi connectivity index (χ0n) is 13.0. The Morgan fingerprint density at radius 3 is 3.18 bits per heavy atom. The lowest BCUT2D eigenvalue weighted by atomic mass is 9.98. The van der Waals surface area contributed by atoms with Gasteiger partial charge < -0.3 is 9.88 Å². The van der Waals surface area contributed by atoms with Crippen LogP contribution in [-0.2, 0) is 26.2 Å². The summed E-state index contributed by atoms with van der Waals surface area (Å²) in [5.41, 5.74) is 2.55. The van der Waals surface area contributed by atoms with Gasteiger partial charge in [-0.25, -0.2) is 4.98 Å². The second-order valence-electron chi connectivity index (χ2n) is 6.53. The SMILES string of the molecule is c1cn(C[C@H]2CCCN(Cc3cc4n(n3)CCNC4)C2)cn1. The summed E-state index contributed by atoms with van der Waals surface area (Å²) in [6.45, 7) is 7.42. The van der Waals surface area contributed by atoms with Gasteiger partial charge in [-0.05, 0) is 31.4 Å². The molecule has 2 aliphatic rings. The van der Waals surface area contributed by atoms with E-state index in [9.17, 15) is 0 Å². The Kier molecular flexibility index (Phi) is 3.95. The molecule has 22 heavy (non-hydrogen) atoms. The number of nitrogens with one attached hydrogen (secondary N) is 1. The highest BCUT2D eigenvalue weighted by Crippen LogP contribution is 2.20. The van der Waals surface area contributed by atoms with Crippen LogP contribution in [-0.4, -0.2) is 43.9 Å². The maximum atomic E-state index is 4.77. The van der Waals surface area contributed by atoms with Crippen molar-refractivity contribution in [2.45, 2.75) is 39.0 Å². The van der Waals surface area contributed by atoms with E-state index >= 15 is 0 Å². The minimum absolute atomic E-state index is 0.724. The van der Waals surface area contributed by atoms with Crippen molar-refractivity contribution < 1.29 is 0 Å². The first-order valence-corrected chi connectivity index (χ1v) is 8.31. The summed E-state index contributed by atoms with van der Waals surface area (Å²) in [6, 6.07) is 2.27. The van der Waals surface area contributed by atoms with Crippen molar-refractivity contribution in [3.63, 3.8) is 0 Å². The zero-order valence-corrected chi connectivity index (χ0v) is 13.0. The van der Waals surface area contributed by atoms with E-state index in [4.69, 9.17) is 5.10 Å². The van der Waals surface area contributed by atoms with Crippen LogP contribution in [0.1, 0.15) is 24.2 Å². The number of fused-ring (bicyclic) bond motifs is 1. The number of hydrogen-bond donors (Lipinski definition) is 1. The molecule has 0 aliphatic carbocycles. The van der Waals surface area contributed by atoms with E-state index in [1.54, 1.807) is 0 Å². The van der Waals surface area contributed by atoms with Crippen molar-refractivity contribution in [3.05, 3.63) is 36.2 Å². The highest BCUT2D eigenvalue weighted by molar-refractivity contribution is 5.12. The first-order valence-electron chi connectivity index (χ1n) is 8.31. The molecule has 2 aromatic heterocycles. The lowest BCUT2D eigenvalue weighted by Gasteiger charge is -2.32. The van der Waals surface area contributed by atoms with Gasteiger partial charge in [-0.3, -0.25) is 9.58 Å². The summed E-state index contributed by atoms with van der Waals surface area (Å²) in [5, 5.41) is 8.17. The highest BCUT2D eigenvalue weighted by atomic mass is 15.3. The Morgan fingerprint density at radius 1 is 1.32 bits per heavy atom. The minimum atomic E-state index is 0.724. The molecular formula is C16H24N6. The van der Waals surface area contributed by atoms with Crippen LogP contribution in [0.15, 0.2) is 24.8 Å². The number of likely N-dealkylation sites (tertiary alicyclic amines) is 1. The van der Waals surface area contributed by atoms with Crippen molar-refractivity contribution in [3.8, 4) is 0 Å². The van der Waals surface area contributed by atoms with E-state index in [2.05, 4.69) is 36.7 Å². The molecule has 0 saturated carbocycles. The fourth-order valence-corrected chi connectivity index (χ4v) is 3.70. The predicted molar refractivity (Wildman–Crippen MR) is 84.2 cm³/mol. The summed E-state index contributed by atoms with van der Waals surface area (Å²) in [7, 11) is 0. The summed E-state index contributed by atoms with van der Waals surface area (Å²) < 4.78 is 4.37. The van der Waals surface area contributed by atoms with Crippen molar-refractivity contribution >= 4 is 0 Å². The monoisotopic (exact) mass is 300 g/mol. The first-order chi connectivity index (χ1) is 10.9. The Balaban J connectivity index is 1.37. The van der Waals surface area contributed by atoms with Crippen LogP contribution in [0, 0.1) is 5.92 Å². The number of piperidine rings is 1. The Hall–Kier alpha value is -1.66. The summed E-state index contributed by atoms with van der Waals surface area (Å²) in [6.07, 6.45) is 8.46. The predicted octanol–water partition coefficient (Wildman–Crippen LogP) is 1.09. The zero-order chi connectivity index (χ0) is 14.8. The Morgan fingerprint density at radius 2 is 2.32 bits per heavy atom. The van der Waals surface area contributed by atoms with Gasteiger partial charge in [0.25, 0.3) is 0 Å². The third-order valence-electron chi connectivity index (χ3n) is 4.74. The molecular weight excluding hydrogens is 276 g/mol. The Bertz CT molecular complexity index is 579. The molecule has 2 aromatic rings. The van der Waals surface area contributed by atoms with Gasteiger partial charge in [-0.15, -0.1) is 0 Å². The molecule has 0 spiro atoms. The fourth-order valence-electron chi connectivity index (χ4n) is 3.70. The molecule has 0 bridgehead atoms. The molecule has 4 rings (SSSR count). The number of rotatable bonds is 4. The lowest BCUT2D eigenvalue weighted by molar-refractivity contribution is 0.154. The maximum absolute atomic E-state index is 4.77. The Labute approximate surface area is 131 Å². The molecule has 1 N–H and O–H groups in total. The third kappa shape index (κ3) is 3.08. The van der Waals surface area contributed by atoms with Gasteiger partial charge in [0.05, 0.1) is 24.3 Å². The molecule has 4 heterocycles. The molecule has 1 saturated heterocycles. The fraction of sp³-hybridized carbons (Fsp3) is 0.625.